The third-order valence-corrected chi connectivity index (χ3v) is 3.43. The molecule has 0 aromatic rings. The van der Waals surface area contributed by atoms with Gasteiger partial charge in [-0.3, -0.25) is 14.5 Å². The molecule has 1 rings (SSSR count). The molecule has 0 unspecified atom stereocenters. The minimum Gasteiger partial charge on any atom is -0.358 e. The van der Waals surface area contributed by atoms with Crippen LogP contribution in [-0.4, -0.2) is 63.0 Å². The highest BCUT2D eigenvalue weighted by Gasteiger charge is 2.21. The maximum absolute atomic E-state index is 11.7. The van der Waals surface area contributed by atoms with E-state index in [1.54, 1.807) is 7.05 Å². The van der Waals surface area contributed by atoms with Crippen LogP contribution in [0.1, 0.15) is 25.7 Å². The lowest BCUT2D eigenvalue weighted by Crippen LogP contribution is -2.47. The monoisotopic (exact) mass is 270 g/mol. The zero-order chi connectivity index (χ0) is 14.1. The number of hydrogen-bond donors (Lipinski definition) is 3. The highest BCUT2D eigenvalue weighted by molar-refractivity contribution is 5.77. The number of likely N-dealkylation sites (N-methyl/N-ethyl adjacent to an activating group) is 1. The van der Waals surface area contributed by atoms with Gasteiger partial charge >= 0.3 is 0 Å². The summed E-state index contributed by atoms with van der Waals surface area (Å²) in [5, 5.41) is 8.73. The van der Waals surface area contributed by atoms with Crippen molar-refractivity contribution in [2.24, 2.45) is 0 Å². The van der Waals surface area contributed by atoms with E-state index in [9.17, 15) is 9.59 Å². The lowest BCUT2D eigenvalue weighted by atomic mass is 10.0. The Bertz CT molecular complexity index is 288. The quantitative estimate of drug-likeness (QED) is 0.536. The number of rotatable bonds is 7. The van der Waals surface area contributed by atoms with Crippen molar-refractivity contribution in [3.05, 3.63) is 0 Å². The van der Waals surface area contributed by atoms with Gasteiger partial charge in [0.05, 0.1) is 6.54 Å². The van der Waals surface area contributed by atoms with E-state index in [4.69, 9.17) is 0 Å². The molecule has 1 fully saturated rings. The van der Waals surface area contributed by atoms with Crippen LogP contribution in [0, 0.1) is 0 Å². The van der Waals surface area contributed by atoms with Crippen LogP contribution in [0.2, 0.25) is 0 Å². The first-order valence-corrected chi connectivity index (χ1v) is 7.02. The molecule has 6 nitrogen and oxygen atoms in total. The van der Waals surface area contributed by atoms with E-state index in [-0.39, 0.29) is 17.9 Å². The molecule has 1 aliphatic heterocycles. The SMILES string of the molecule is CNCCCC(=O)NC1CCN(CC(=O)NC)CC1. The van der Waals surface area contributed by atoms with Crippen LogP contribution in [0.3, 0.4) is 0 Å². The van der Waals surface area contributed by atoms with Crippen LogP contribution in [0.4, 0.5) is 0 Å². The van der Waals surface area contributed by atoms with E-state index >= 15 is 0 Å². The lowest BCUT2D eigenvalue weighted by Gasteiger charge is -2.31. The Hall–Kier alpha value is -1.14. The Kier molecular flexibility index (Phi) is 7.43. The predicted molar refractivity (Wildman–Crippen MR) is 74.8 cm³/mol. The number of nitrogens with one attached hydrogen (secondary N) is 3. The van der Waals surface area contributed by atoms with Gasteiger partial charge in [0.15, 0.2) is 0 Å². The fourth-order valence-electron chi connectivity index (χ4n) is 2.24. The number of likely N-dealkylation sites (tertiary alicyclic amines) is 1. The summed E-state index contributed by atoms with van der Waals surface area (Å²) in [5.74, 6) is 0.189. The number of carbonyl (C=O) groups is 2. The third-order valence-electron chi connectivity index (χ3n) is 3.43. The molecule has 0 spiro atoms. The Morgan fingerprint density at radius 3 is 2.42 bits per heavy atom. The minimum atomic E-state index is 0.0505. The van der Waals surface area contributed by atoms with Crippen LogP contribution in [0.15, 0.2) is 0 Å². The maximum atomic E-state index is 11.7. The largest absolute Gasteiger partial charge is 0.358 e. The summed E-state index contributed by atoms with van der Waals surface area (Å²) in [7, 11) is 3.54. The summed E-state index contributed by atoms with van der Waals surface area (Å²) in [5.41, 5.74) is 0. The van der Waals surface area contributed by atoms with Crippen molar-refractivity contribution < 1.29 is 9.59 Å². The summed E-state index contributed by atoms with van der Waals surface area (Å²) < 4.78 is 0. The zero-order valence-corrected chi connectivity index (χ0v) is 12.0. The molecule has 1 saturated heterocycles. The smallest absolute Gasteiger partial charge is 0.233 e. The van der Waals surface area contributed by atoms with Crippen LogP contribution in [0.5, 0.6) is 0 Å². The number of piperidine rings is 1. The van der Waals surface area contributed by atoms with Gasteiger partial charge in [-0.15, -0.1) is 0 Å². The molecule has 0 radical (unpaired) electrons. The molecule has 0 atom stereocenters. The molecule has 0 saturated carbocycles. The first-order chi connectivity index (χ1) is 9.15. The summed E-state index contributed by atoms with van der Waals surface area (Å²) in [6, 6.07) is 0.267. The zero-order valence-electron chi connectivity index (χ0n) is 12.0. The molecule has 0 aromatic heterocycles. The second kappa shape index (κ2) is 8.87. The van der Waals surface area contributed by atoms with Gasteiger partial charge in [0.25, 0.3) is 0 Å². The first-order valence-electron chi connectivity index (χ1n) is 7.02. The van der Waals surface area contributed by atoms with Gasteiger partial charge in [0.2, 0.25) is 11.8 Å². The van der Waals surface area contributed by atoms with Crippen molar-refractivity contribution in [3.63, 3.8) is 0 Å². The fraction of sp³-hybridized carbons (Fsp3) is 0.846. The van der Waals surface area contributed by atoms with Crippen molar-refractivity contribution in [3.8, 4) is 0 Å². The van der Waals surface area contributed by atoms with E-state index < -0.39 is 0 Å². The van der Waals surface area contributed by atoms with Crippen molar-refractivity contribution in [1.29, 1.82) is 0 Å². The molecule has 0 bridgehead atoms. The number of hydrogen-bond acceptors (Lipinski definition) is 4. The van der Waals surface area contributed by atoms with Crippen molar-refractivity contribution in [1.82, 2.24) is 20.9 Å². The van der Waals surface area contributed by atoms with E-state index in [0.29, 0.717) is 13.0 Å². The van der Waals surface area contributed by atoms with Crippen molar-refractivity contribution in [2.45, 2.75) is 31.7 Å². The second-order valence-corrected chi connectivity index (χ2v) is 5.00. The molecule has 110 valence electrons. The number of carbonyl (C=O) groups excluding carboxylic acids is 2. The van der Waals surface area contributed by atoms with Gasteiger partial charge in [-0.05, 0) is 32.9 Å². The molecule has 1 aliphatic rings. The Morgan fingerprint density at radius 1 is 1.16 bits per heavy atom. The van der Waals surface area contributed by atoms with Gasteiger partial charge in [0, 0.05) is 32.6 Å². The predicted octanol–water partition coefficient (Wildman–Crippen LogP) is -0.687. The Balaban J connectivity index is 2.15. The van der Waals surface area contributed by atoms with Gasteiger partial charge in [-0.2, -0.15) is 0 Å². The Labute approximate surface area is 115 Å². The summed E-state index contributed by atoms with van der Waals surface area (Å²) in [4.78, 5) is 25.1. The molecular weight excluding hydrogens is 244 g/mol. The van der Waals surface area contributed by atoms with Gasteiger partial charge in [-0.1, -0.05) is 0 Å². The molecule has 0 aromatic carbocycles. The van der Waals surface area contributed by atoms with Crippen LogP contribution in [-0.2, 0) is 9.59 Å². The molecule has 1 heterocycles. The minimum absolute atomic E-state index is 0.0505. The average Bonchev–Trinajstić information content (AvgIpc) is 2.41. The number of nitrogens with zero attached hydrogens (tertiary/aromatic N) is 1. The summed E-state index contributed by atoms with van der Waals surface area (Å²) >= 11 is 0. The highest BCUT2D eigenvalue weighted by atomic mass is 16.2. The molecule has 3 N–H and O–H groups in total. The molecule has 2 amide bonds. The van der Waals surface area contributed by atoms with Crippen LogP contribution < -0.4 is 16.0 Å². The van der Waals surface area contributed by atoms with Gasteiger partial charge < -0.3 is 16.0 Å². The molecule has 6 heteroatoms. The van der Waals surface area contributed by atoms with Crippen molar-refractivity contribution in [2.75, 3.05) is 40.3 Å². The highest BCUT2D eigenvalue weighted by Crippen LogP contribution is 2.10. The molecule has 0 aliphatic carbocycles. The lowest BCUT2D eigenvalue weighted by molar-refractivity contribution is -0.124. The van der Waals surface area contributed by atoms with E-state index in [1.807, 2.05) is 7.05 Å². The van der Waals surface area contributed by atoms with E-state index in [1.165, 1.54) is 0 Å². The standard InChI is InChI=1S/C13H26N4O2/c1-14-7-3-4-12(18)16-11-5-8-17(9-6-11)10-13(19)15-2/h11,14H,3-10H2,1-2H3,(H,15,19)(H,16,18). The first kappa shape index (κ1) is 15.9. The van der Waals surface area contributed by atoms with Gasteiger partial charge in [0.1, 0.15) is 0 Å². The van der Waals surface area contributed by atoms with Crippen LogP contribution in [0.25, 0.3) is 0 Å². The second-order valence-electron chi connectivity index (χ2n) is 5.00. The van der Waals surface area contributed by atoms with Crippen molar-refractivity contribution >= 4 is 11.8 Å². The average molecular weight is 270 g/mol. The van der Waals surface area contributed by atoms with E-state index in [0.717, 1.165) is 38.9 Å². The molecular formula is C13H26N4O2. The maximum Gasteiger partial charge on any atom is 0.233 e. The van der Waals surface area contributed by atoms with Gasteiger partial charge in [-0.25, -0.2) is 0 Å². The summed E-state index contributed by atoms with van der Waals surface area (Å²) in [6.45, 7) is 3.07. The molecule has 19 heavy (non-hydrogen) atoms. The normalized spacial score (nSPS) is 17.2. The topological polar surface area (TPSA) is 73.5 Å². The number of amides is 2. The Morgan fingerprint density at radius 2 is 1.84 bits per heavy atom. The van der Waals surface area contributed by atoms with E-state index in [2.05, 4.69) is 20.9 Å². The fourth-order valence-corrected chi connectivity index (χ4v) is 2.24. The van der Waals surface area contributed by atoms with Crippen LogP contribution >= 0.6 is 0 Å². The summed E-state index contributed by atoms with van der Waals surface area (Å²) in [6.07, 6.45) is 3.31. The third kappa shape index (κ3) is 6.54.